The van der Waals surface area contributed by atoms with E-state index < -0.39 is 16.9 Å². The zero-order valence-corrected chi connectivity index (χ0v) is 12.8. The van der Waals surface area contributed by atoms with E-state index in [0.29, 0.717) is 5.69 Å². The molecule has 1 aromatic carbocycles. The fourth-order valence-electron chi connectivity index (χ4n) is 1.81. The Balaban J connectivity index is 2.09. The SMILES string of the molecule is COC(=O)c1ccc(CN(Cc2ccccc2)[SH](=O)=O)nn1. The van der Waals surface area contributed by atoms with Gasteiger partial charge in [-0.25, -0.2) is 13.2 Å². The van der Waals surface area contributed by atoms with E-state index in [4.69, 9.17) is 0 Å². The number of thiol groups is 1. The molecule has 0 atom stereocenters. The smallest absolute Gasteiger partial charge is 0.358 e. The van der Waals surface area contributed by atoms with Crippen LogP contribution in [-0.2, 0) is 28.7 Å². The summed E-state index contributed by atoms with van der Waals surface area (Å²) in [6.07, 6.45) is 0. The van der Waals surface area contributed by atoms with Crippen LogP contribution in [0.15, 0.2) is 42.5 Å². The number of nitrogens with zero attached hydrogens (tertiary/aromatic N) is 3. The van der Waals surface area contributed by atoms with Gasteiger partial charge in [-0.05, 0) is 17.7 Å². The zero-order valence-electron chi connectivity index (χ0n) is 11.9. The maximum atomic E-state index is 11.4. The second kappa shape index (κ2) is 7.62. The highest BCUT2D eigenvalue weighted by molar-refractivity contribution is 7.69. The average Bonchev–Trinajstić information content (AvgIpc) is 2.55. The summed E-state index contributed by atoms with van der Waals surface area (Å²) in [7, 11) is -1.51. The molecule has 0 amide bonds. The summed E-state index contributed by atoms with van der Waals surface area (Å²) >= 11 is 0. The van der Waals surface area contributed by atoms with Crippen LogP contribution in [0.1, 0.15) is 21.7 Å². The van der Waals surface area contributed by atoms with Gasteiger partial charge in [0.05, 0.1) is 19.3 Å². The first kappa shape index (κ1) is 16.1. The van der Waals surface area contributed by atoms with Crippen molar-refractivity contribution in [1.82, 2.24) is 14.5 Å². The van der Waals surface area contributed by atoms with Gasteiger partial charge in [0.2, 0.25) is 10.9 Å². The molecule has 8 heteroatoms. The number of hydrogen-bond acceptors (Lipinski definition) is 6. The minimum atomic E-state index is -2.76. The normalized spacial score (nSPS) is 10.9. The topological polar surface area (TPSA) is 89.5 Å². The number of esters is 1. The zero-order chi connectivity index (χ0) is 15.9. The van der Waals surface area contributed by atoms with Crippen LogP contribution >= 0.6 is 0 Å². The number of hydrogen-bond donors (Lipinski definition) is 1. The van der Waals surface area contributed by atoms with Crippen LogP contribution in [0.4, 0.5) is 0 Å². The first-order valence-corrected chi connectivity index (χ1v) is 7.57. The standard InChI is InChI=1S/C14H15N3O4S/c1-21-14(18)13-8-7-12(15-16-13)10-17(22(19)20)9-11-5-3-2-4-6-11/h2-8,22H,9-10H2,1H3. The summed E-state index contributed by atoms with van der Waals surface area (Å²) in [5.74, 6) is -0.588. The number of carbonyl (C=O) groups excluding carboxylic acids is 1. The van der Waals surface area contributed by atoms with Gasteiger partial charge >= 0.3 is 5.97 Å². The molecule has 0 saturated heterocycles. The highest BCUT2D eigenvalue weighted by atomic mass is 32.2. The van der Waals surface area contributed by atoms with Crippen LogP contribution < -0.4 is 0 Å². The summed E-state index contributed by atoms with van der Waals surface area (Å²) in [6.45, 7) is 0.335. The summed E-state index contributed by atoms with van der Waals surface area (Å²) in [5, 5.41) is 7.57. The van der Waals surface area contributed by atoms with Gasteiger partial charge in [0.15, 0.2) is 5.69 Å². The lowest BCUT2D eigenvalue weighted by atomic mass is 10.2. The first-order valence-electron chi connectivity index (χ1n) is 6.44. The first-order chi connectivity index (χ1) is 10.6. The number of methoxy groups -OCH3 is 1. The number of carbonyl (C=O) groups is 1. The Hall–Kier alpha value is -2.32. The predicted molar refractivity (Wildman–Crippen MR) is 79.4 cm³/mol. The molecule has 1 heterocycles. The van der Waals surface area contributed by atoms with Gasteiger partial charge < -0.3 is 4.74 Å². The molecule has 0 unspecified atom stereocenters. The third kappa shape index (κ3) is 4.34. The molecular weight excluding hydrogens is 306 g/mol. The van der Waals surface area contributed by atoms with Gasteiger partial charge in [0.25, 0.3) is 0 Å². The monoisotopic (exact) mass is 321 g/mol. The molecular formula is C14H15N3O4S. The van der Waals surface area contributed by atoms with Crippen LogP contribution in [-0.4, -0.2) is 36.0 Å². The van der Waals surface area contributed by atoms with Crippen LogP contribution in [0.5, 0.6) is 0 Å². The van der Waals surface area contributed by atoms with Gasteiger partial charge in [0.1, 0.15) is 0 Å². The second-order valence-corrected chi connectivity index (χ2v) is 5.49. The third-order valence-corrected chi connectivity index (χ3v) is 3.64. The summed E-state index contributed by atoms with van der Waals surface area (Å²) in [5.41, 5.74) is 1.40. The maximum Gasteiger partial charge on any atom is 0.358 e. The Labute approximate surface area is 129 Å². The Morgan fingerprint density at radius 3 is 2.36 bits per heavy atom. The Kier molecular flexibility index (Phi) is 5.56. The Morgan fingerprint density at radius 1 is 1.09 bits per heavy atom. The minimum absolute atomic E-state index is 0.0763. The van der Waals surface area contributed by atoms with Gasteiger partial charge in [0, 0.05) is 6.54 Å². The second-order valence-electron chi connectivity index (χ2n) is 4.45. The van der Waals surface area contributed by atoms with Crippen molar-refractivity contribution in [1.29, 1.82) is 0 Å². The average molecular weight is 321 g/mol. The van der Waals surface area contributed by atoms with Crippen LogP contribution in [0.2, 0.25) is 0 Å². The number of rotatable bonds is 6. The molecule has 2 rings (SSSR count). The molecule has 116 valence electrons. The third-order valence-electron chi connectivity index (χ3n) is 2.90. The van der Waals surface area contributed by atoms with Crippen molar-refractivity contribution in [3.05, 3.63) is 59.4 Å². The molecule has 0 radical (unpaired) electrons. The summed E-state index contributed by atoms with van der Waals surface area (Å²) in [6, 6.07) is 12.2. The summed E-state index contributed by atoms with van der Waals surface area (Å²) < 4.78 is 28.5. The van der Waals surface area contributed by atoms with E-state index in [0.717, 1.165) is 5.56 Å². The fourth-order valence-corrected chi connectivity index (χ4v) is 2.35. The Morgan fingerprint density at radius 2 is 1.82 bits per heavy atom. The highest BCUT2D eigenvalue weighted by Crippen LogP contribution is 2.09. The van der Waals surface area contributed by atoms with Crippen LogP contribution in [0.3, 0.4) is 0 Å². The number of ether oxygens (including phenoxy) is 1. The molecule has 0 fully saturated rings. The van der Waals surface area contributed by atoms with E-state index in [1.807, 2.05) is 30.3 Å². The number of benzene rings is 1. The van der Waals surface area contributed by atoms with Gasteiger partial charge in [-0.2, -0.15) is 9.40 Å². The van der Waals surface area contributed by atoms with Crippen molar-refractivity contribution in [2.24, 2.45) is 0 Å². The van der Waals surface area contributed by atoms with Crippen molar-refractivity contribution >= 4 is 16.9 Å². The fraction of sp³-hybridized carbons (Fsp3) is 0.214. The van der Waals surface area contributed by atoms with Crippen molar-refractivity contribution in [2.45, 2.75) is 13.1 Å². The van der Waals surface area contributed by atoms with E-state index in [1.165, 1.54) is 17.5 Å². The molecule has 1 aromatic heterocycles. The minimum Gasteiger partial charge on any atom is -0.464 e. The van der Waals surface area contributed by atoms with Gasteiger partial charge in [-0.1, -0.05) is 30.3 Å². The largest absolute Gasteiger partial charge is 0.464 e. The van der Waals surface area contributed by atoms with E-state index in [-0.39, 0.29) is 18.8 Å². The lowest BCUT2D eigenvalue weighted by Crippen LogP contribution is -2.22. The molecule has 0 aliphatic heterocycles. The molecule has 22 heavy (non-hydrogen) atoms. The van der Waals surface area contributed by atoms with Gasteiger partial charge in [-0.3, -0.25) is 0 Å². The molecule has 0 spiro atoms. The molecule has 0 N–H and O–H groups in total. The van der Waals surface area contributed by atoms with Gasteiger partial charge in [-0.15, -0.1) is 5.10 Å². The van der Waals surface area contributed by atoms with E-state index in [9.17, 15) is 13.2 Å². The molecule has 0 aliphatic rings. The summed E-state index contributed by atoms with van der Waals surface area (Å²) in [4.78, 5) is 11.3. The lowest BCUT2D eigenvalue weighted by Gasteiger charge is -2.14. The molecule has 2 aromatic rings. The predicted octanol–water partition coefficient (Wildman–Crippen LogP) is 0.792. The maximum absolute atomic E-state index is 11.4. The molecule has 0 saturated carbocycles. The quantitative estimate of drug-likeness (QED) is 0.625. The van der Waals surface area contributed by atoms with Crippen LogP contribution in [0, 0.1) is 0 Å². The Bertz CT molecular complexity index is 694. The number of aromatic nitrogens is 2. The van der Waals surface area contributed by atoms with Crippen molar-refractivity contribution < 1.29 is 17.9 Å². The van der Waals surface area contributed by atoms with E-state index in [2.05, 4.69) is 14.9 Å². The highest BCUT2D eigenvalue weighted by Gasteiger charge is 2.12. The van der Waals surface area contributed by atoms with Crippen molar-refractivity contribution in [2.75, 3.05) is 7.11 Å². The van der Waals surface area contributed by atoms with E-state index >= 15 is 0 Å². The molecule has 7 nitrogen and oxygen atoms in total. The lowest BCUT2D eigenvalue weighted by molar-refractivity contribution is 0.0592. The van der Waals surface area contributed by atoms with Crippen molar-refractivity contribution in [3.63, 3.8) is 0 Å². The van der Waals surface area contributed by atoms with Crippen LogP contribution in [0.25, 0.3) is 0 Å². The van der Waals surface area contributed by atoms with Crippen molar-refractivity contribution in [3.8, 4) is 0 Å². The van der Waals surface area contributed by atoms with E-state index in [1.54, 1.807) is 6.07 Å². The molecule has 0 aliphatic carbocycles. The molecule has 0 bridgehead atoms.